The van der Waals surface area contributed by atoms with Crippen molar-refractivity contribution in [1.82, 2.24) is 13.7 Å². The van der Waals surface area contributed by atoms with E-state index in [1.807, 2.05) is 0 Å². The van der Waals surface area contributed by atoms with Crippen molar-refractivity contribution >= 4 is 0 Å². The summed E-state index contributed by atoms with van der Waals surface area (Å²) in [4.78, 5) is 44.0. The first kappa shape index (κ1) is 12.0. The molecule has 16 heavy (non-hydrogen) atoms. The summed E-state index contributed by atoms with van der Waals surface area (Å²) in [5.74, 6) is 0. The van der Waals surface area contributed by atoms with E-state index in [1.165, 1.54) is 0 Å². The van der Waals surface area contributed by atoms with Crippen molar-refractivity contribution in [2.75, 3.05) is 0 Å². The lowest BCUT2D eigenvalue weighted by Crippen LogP contribution is -2.54. The van der Waals surface area contributed by atoms with Gasteiger partial charge in [0, 0.05) is 0 Å². The highest BCUT2D eigenvalue weighted by atomic mass is 16.3. The summed E-state index contributed by atoms with van der Waals surface area (Å²) in [6, 6.07) is 0. The summed E-state index contributed by atoms with van der Waals surface area (Å²) >= 11 is 0. The van der Waals surface area contributed by atoms with E-state index in [0.29, 0.717) is 4.57 Å². The molecule has 0 aliphatic carbocycles. The molecule has 0 aliphatic rings. The van der Waals surface area contributed by atoms with Crippen LogP contribution in [0.4, 0.5) is 0 Å². The van der Waals surface area contributed by atoms with E-state index < -0.39 is 37.2 Å². The fourth-order valence-electron chi connectivity index (χ4n) is 1.10. The molecule has 88 valence electrons. The minimum atomic E-state index is -1.16. The molecule has 10 heteroatoms. The monoisotopic (exact) mass is 232 g/mol. The molecule has 1 heterocycles. The molecular weight excluding hydrogens is 224 g/mol. The van der Waals surface area contributed by atoms with Gasteiger partial charge in [0.15, 0.2) is 6.67 Å². The maximum atomic E-state index is 11.4. The van der Waals surface area contributed by atoms with Gasteiger partial charge in [-0.15, -0.1) is 4.91 Å². The quantitative estimate of drug-likeness (QED) is 0.524. The standard InChI is InChI=1S/C6H8N4O6/c11-2-9-4(13)8(1-7-16)5(14)10(3-12)6(9)15/h11-12H,1-3H2. The molecule has 0 bridgehead atoms. The Hall–Kier alpha value is -2.07. The molecule has 0 saturated carbocycles. The predicted octanol–water partition coefficient (Wildman–Crippen LogP) is -3.20. The van der Waals surface area contributed by atoms with Crippen LogP contribution in [0.3, 0.4) is 0 Å². The van der Waals surface area contributed by atoms with Gasteiger partial charge >= 0.3 is 17.1 Å². The van der Waals surface area contributed by atoms with Crippen molar-refractivity contribution in [3.05, 3.63) is 36.4 Å². The molecule has 1 aromatic heterocycles. The van der Waals surface area contributed by atoms with Gasteiger partial charge in [-0.1, -0.05) is 0 Å². The van der Waals surface area contributed by atoms with Gasteiger partial charge in [-0.3, -0.25) is 0 Å². The molecule has 10 nitrogen and oxygen atoms in total. The third-order valence-electron chi connectivity index (χ3n) is 1.87. The van der Waals surface area contributed by atoms with Crippen LogP contribution >= 0.6 is 0 Å². The van der Waals surface area contributed by atoms with Gasteiger partial charge in [-0.2, -0.15) is 0 Å². The van der Waals surface area contributed by atoms with Crippen molar-refractivity contribution < 1.29 is 10.2 Å². The van der Waals surface area contributed by atoms with Crippen LogP contribution in [0.5, 0.6) is 0 Å². The zero-order valence-electron chi connectivity index (χ0n) is 7.94. The lowest BCUT2D eigenvalue weighted by atomic mass is 10.7. The SMILES string of the molecule is O=NCn1c(=O)n(CO)c(=O)n(CO)c1=O. The Morgan fingerprint density at radius 3 is 1.56 bits per heavy atom. The van der Waals surface area contributed by atoms with Gasteiger partial charge in [0.25, 0.3) is 0 Å². The maximum absolute atomic E-state index is 11.4. The molecule has 0 spiro atoms. The fourth-order valence-corrected chi connectivity index (χ4v) is 1.10. The largest absolute Gasteiger partial charge is 0.376 e. The number of hydrogen-bond donors (Lipinski definition) is 2. The summed E-state index contributed by atoms with van der Waals surface area (Å²) in [5.41, 5.74) is -3.49. The molecule has 0 atom stereocenters. The van der Waals surface area contributed by atoms with Gasteiger partial charge < -0.3 is 10.2 Å². The summed E-state index contributed by atoms with van der Waals surface area (Å²) in [6.07, 6.45) is 0. The van der Waals surface area contributed by atoms with E-state index in [1.54, 1.807) is 0 Å². The molecule has 0 aromatic carbocycles. The highest BCUT2D eigenvalue weighted by Crippen LogP contribution is 1.75. The average Bonchev–Trinajstić information content (AvgIpc) is 2.26. The first-order valence-electron chi connectivity index (χ1n) is 4.03. The number of aromatic nitrogens is 3. The van der Waals surface area contributed by atoms with Crippen LogP contribution in [0, 0.1) is 4.91 Å². The molecule has 0 unspecified atom stereocenters. The zero-order chi connectivity index (χ0) is 12.3. The van der Waals surface area contributed by atoms with E-state index in [4.69, 9.17) is 10.2 Å². The van der Waals surface area contributed by atoms with Crippen molar-refractivity contribution in [1.29, 1.82) is 0 Å². The lowest BCUT2D eigenvalue weighted by Gasteiger charge is -2.07. The van der Waals surface area contributed by atoms with Gasteiger partial charge in [0.2, 0.25) is 0 Å². The number of nitroso groups, excluding NO2 is 1. The van der Waals surface area contributed by atoms with Crippen LogP contribution in [-0.4, -0.2) is 23.9 Å². The van der Waals surface area contributed by atoms with E-state index in [-0.39, 0.29) is 9.13 Å². The molecule has 0 radical (unpaired) electrons. The Morgan fingerprint density at radius 2 is 1.25 bits per heavy atom. The number of aliphatic hydroxyl groups is 2. The van der Waals surface area contributed by atoms with Crippen LogP contribution in [-0.2, 0) is 20.1 Å². The van der Waals surface area contributed by atoms with Crippen LogP contribution < -0.4 is 17.1 Å². The van der Waals surface area contributed by atoms with Crippen LogP contribution in [0.2, 0.25) is 0 Å². The van der Waals surface area contributed by atoms with Crippen LogP contribution in [0.25, 0.3) is 0 Å². The smallest absolute Gasteiger partial charge is 0.340 e. The topological polar surface area (TPSA) is 136 Å². The molecule has 0 aliphatic heterocycles. The number of rotatable bonds is 4. The second-order valence-corrected chi connectivity index (χ2v) is 2.69. The average molecular weight is 232 g/mol. The number of nitrogens with zero attached hydrogens (tertiary/aromatic N) is 4. The molecule has 0 saturated heterocycles. The molecule has 1 aromatic rings. The summed E-state index contributed by atoms with van der Waals surface area (Å²) < 4.78 is 0.881. The molecule has 1 rings (SSSR count). The van der Waals surface area contributed by atoms with Crippen LogP contribution in [0.15, 0.2) is 19.6 Å². The van der Waals surface area contributed by atoms with Crippen LogP contribution in [0.1, 0.15) is 0 Å². The Labute approximate surface area is 86.6 Å². The lowest BCUT2D eigenvalue weighted by molar-refractivity contribution is 0.161. The highest BCUT2D eigenvalue weighted by molar-refractivity contribution is 4.76. The second-order valence-electron chi connectivity index (χ2n) is 2.69. The molecule has 0 fully saturated rings. The van der Waals surface area contributed by atoms with Gasteiger partial charge in [-0.05, 0) is 5.18 Å². The second kappa shape index (κ2) is 4.63. The maximum Gasteiger partial charge on any atom is 0.340 e. The molecule has 2 N–H and O–H groups in total. The first-order chi connectivity index (χ1) is 7.58. The number of hydrogen-bond acceptors (Lipinski definition) is 7. The van der Waals surface area contributed by atoms with E-state index in [0.717, 1.165) is 0 Å². The van der Waals surface area contributed by atoms with Crippen molar-refractivity contribution in [3.8, 4) is 0 Å². The van der Waals surface area contributed by atoms with Crippen molar-refractivity contribution in [3.63, 3.8) is 0 Å². The van der Waals surface area contributed by atoms with E-state index >= 15 is 0 Å². The van der Waals surface area contributed by atoms with Gasteiger partial charge in [0.05, 0.1) is 0 Å². The predicted molar refractivity (Wildman–Crippen MR) is 49.5 cm³/mol. The van der Waals surface area contributed by atoms with E-state index in [2.05, 4.69) is 5.18 Å². The van der Waals surface area contributed by atoms with Gasteiger partial charge in [0.1, 0.15) is 13.5 Å². The Balaban J connectivity index is 3.77. The third kappa shape index (κ3) is 1.70. The zero-order valence-corrected chi connectivity index (χ0v) is 7.94. The Kier molecular flexibility index (Phi) is 3.48. The summed E-state index contributed by atoms with van der Waals surface area (Å²) in [7, 11) is 0. The Bertz CT molecular complexity index is 524. The minimum absolute atomic E-state index is 0.281. The number of aliphatic hydroxyl groups excluding tert-OH is 2. The van der Waals surface area contributed by atoms with Crippen molar-refractivity contribution in [2.24, 2.45) is 5.18 Å². The Morgan fingerprint density at radius 1 is 0.875 bits per heavy atom. The highest BCUT2D eigenvalue weighted by Gasteiger charge is 2.13. The summed E-state index contributed by atoms with van der Waals surface area (Å²) in [5, 5.41) is 19.8. The van der Waals surface area contributed by atoms with Crippen molar-refractivity contribution in [2.45, 2.75) is 20.1 Å². The fraction of sp³-hybridized carbons (Fsp3) is 0.500. The molecule has 0 amide bonds. The normalized spacial score (nSPS) is 10.4. The first-order valence-corrected chi connectivity index (χ1v) is 4.03. The van der Waals surface area contributed by atoms with E-state index in [9.17, 15) is 19.3 Å². The summed E-state index contributed by atoms with van der Waals surface area (Å²) in [6.45, 7) is -2.76. The van der Waals surface area contributed by atoms with Gasteiger partial charge in [-0.25, -0.2) is 28.1 Å². The molecular formula is C6H8N4O6. The minimum Gasteiger partial charge on any atom is -0.376 e. The third-order valence-corrected chi connectivity index (χ3v) is 1.87.